The summed E-state index contributed by atoms with van der Waals surface area (Å²) in [6.07, 6.45) is 0. The summed E-state index contributed by atoms with van der Waals surface area (Å²) >= 11 is 3.06. The first-order chi connectivity index (χ1) is 8.34. The van der Waals surface area contributed by atoms with Crippen LogP contribution < -0.4 is 4.74 Å². The van der Waals surface area contributed by atoms with Crippen molar-refractivity contribution in [3.05, 3.63) is 23.8 Å². The first-order valence-corrected chi connectivity index (χ1v) is 7.60. The molecule has 0 saturated heterocycles. The van der Waals surface area contributed by atoms with Gasteiger partial charge in [-0.05, 0) is 12.1 Å². The van der Waals surface area contributed by atoms with Crippen LogP contribution in [-0.4, -0.2) is 45.0 Å². The number of ether oxygens (including phenoxy) is 1. The maximum absolute atomic E-state index is 11.9. The minimum atomic E-state index is -3.53. The van der Waals surface area contributed by atoms with Gasteiger partial charge in [-0.3, -0.25) is 4.79 Å². The Morgan fingerprint density at radius 2 is 2.00 bits per heavy atom. The molecule has 0 unspecified atom stereocenters. The van der Waals surface area contributed by atoms with E-state index in [1.807, 2.05) is 0 Å². The second kappa shape index (κ2) is 5.81. The lowest BCUT2D eigenvalue weighted by Gasteiger charge is -2.13. The van der Waals surface area contributed by atoms with Crippen LogP contribution in [0.1, 0.15) is 10.4 Å². The molecule has 7 heteroatoms. The number of carbonyl (C=O) groups excluding carboxylic acids is 1. The smallest absolute Gasteiger partial charge is 0.242 e. The number of rotatable bonds is 5. The van der Waals surface area contributed by atoms with Crippen molar-refractivity contribution in [1.82, 2.24) is 4.31 Å². The van der Waals surface area contributed by atoms with E-state index in [4.69, 9.17) is 4.74 Å². The highest BCUT2D eigenvalue weighted by Gasteiger charge is 2.20. The van der Waals surface area contributed by atoms with E-state index in [1.165, 1.54) is 39.4 Å². The Morgan fingerprint density at radius 3 is 2.44 bits per heavy atom. The zero-order valence-electron chi connectivity index (χ0n) is 10.3. The number of benzene rings is 1. The highest BCUT2D eigenvalue weighted by atomic mass is 79.9. The molecule has 100 valence electrons. The molecule has 1 aromatic rings. The fraction of sp³-hybridized carbons (Fsp3) is 0.364. The first kappa shape index (κ1) is 15.1. The van der Waals surface area contributed by atoms with Crippen LogP contribution in [0.5, 0.6) is 5.75 Å². The Labute approximate surface area is 115 Å². The normalized spacial score (nSPS) is 11.6. The topological polar surface area (TPSA) is 63.7 Å². The molecule has 0 heterocycles. The Balaban J connectivity index is 3.35. The van der Waals surface area contributed by atoms with Gasteiger partial charge in [-0.1, -0.05) is 15.9 Å². The highest BCUT2D eigenvalue weighted by molar-refractivity contribution is 9.09. The predicted molar refractivity (Wildman–Crippen MR) is 72.0 cm³/mol. The number of ketones is 1. The third-order valence-corrected chi connectivity index (χ3v) is 4.69. The van der Waals surface area contributed by atoms with Crippen molar-refractivity contribution in [1.29, 1.82) is 0 Å². The quantitative estimate of drug-likeness (QED) is 0.604. The molecule has 0 amide bonds. The molecule has 0 N–H and O–H groups in total. The van der Waals surface area contributed by atoms with Crippen LogP contribution in [0.2, 0.25) is 0 Å². The van der Waals surface area contributed by atoms with Gasteiger partial charge in [0.25, 0.3) is 0 Å². The average molecular weight is 336 g/mol. The summed E-state index contributed by atoms with van der Waals surface area (Å²) < 4.78 is 30.0. The molecule has 0 bridgehead atoms. The van der Waals surface area contributed by atoms with Crippen LogP contribution in [0, 0.1) is 0 Å². The lowest BCUT2D eigenvalue weighted by molar-refractivity contribution is 0.102. The second-order valence-electron chi connectivity index (χ2n) is 3.71. The minimum Gasteiger partial charge on any atom is -0.496 e. The van der Waals surface area contributed by atoms with Gasteiger partial charge in [0.2, 0.25) is 10.0 Å². The van der Waals surface area contributed by atoms with Crippen LogP contribution in [0.4, 0.5) is 0 Å². The van der Waals surface area contributed by atoms with Crippen molar-refractivity contribution in [2.75, 3.05) is 26.5 Å². The van der Waals surface area contributed by atoms with Gasteiger partial charge in [-0.25, -0.2) is 12.7 Å². The Hall–Kier alpha value is -0.920. The summed E-state index contributed by atoms with van der Waals surface area (Å²) in [5.74, 6) is 0.0861. The van der Waals surface area contributed by atoms with Crippen molar-refractivity contribution in [3.63, 3.8) is 0 Å². The van der Waals surface area contributed by atoms with Crippen molar-refractivity contribution < 1.29 is 17.9 Å². The number of hydrogen-bond donors (Lipinski definition) is 0. The van der Waals surface area contributed by atoms with Gasteiger partial charge in [0, 0.05) is 20.2 Å². The number of Topliss-reactive ketones (excluding diaryl/α,β-unsaturated/α-hetero) is 1. The highest BCUT2D eigenvalue weighted by Crippen LogP contribution is 2.25. The minimum absolute atomic E-state index is 0.0930. The van der Waals surface area contributed by atoms with E-state index >= 15 is 0 Å². The van der Waals surface area contributed by atoms with Gasteiger partial charge >= 0.3 is 0 Å². The summed E-state index contributed by atoms with van der Waals surface area (Å²) in [5, 5.41) is 0.156. The van der Waals surface area contributed by atoms with Crippen molar-refractivity contribution >= 4 is 31.7 Å². The summed E-state index contributed by atoms with van der Waals surface area (Å²) in [6, 6.07) is 4.21. The van der Waals surface area contributed by atoms with Gasteiger partial charge in [0.05, 0.1) is 22.9 Å². The number of alkyl halides is 1. The van der Waals surface area contributed by atoms with Gasteiger partial charge in [-0.15, -0.1) is 0 Å². The number of carbonyl (C=O) groups is 1. The molecule has 0 saturated carbocycles. The molecule has 1 aromatic carbocycles. The molecule has 0 spiro atoms. The fourth-order valence-electron chi connectivity index (χ4n) is 1.35. The van der Waals surface area contributed by atoms with Gasteiger partial charge in [0.15, 0.2) is 5.78 Å². The van der Waals surface area contributed by atoms with E-state index in [9.17, 15) is 13.2 Å². The van der Waals surface area contributed by atoms with Gasteiger partial charge < -0.3 is 4.74 Å². The molecule has 0 aliphatic rings. The van der Waals surface area contributed by atoms with E-state index in [0.29, 0.717) is 5.56 Å². The van der Waals surface area contributed by atoms with Crippen LogP contribution in [0.3, 0.4) is 0 Å². The molecule has 0 aliphatic carbocycles. The molecular weight excluding hydrogens is 322 g/mol. The Bertz CT molecular complexity index is 554. The number of methoxy groups -OCH3 is 1. The zero-order chi connectivity index (χ0) is 13.9. The fourth-order valence-corrected chi connectivity index (χ4v) is 2.56. The van der Waals surface area contributed by atoms with E-state index in [1.54, 1.807) is 0 Å². The summed E-state index contributed by atoms with van der Waals surface area (Å²) in [6.45, 7) is 0. The molecule has 0 aliphatic heterocycles. The number of hydrogen-bond acceptors (Lipinski definition) is 4. The Morgan fingerprint density at radius 1 is 1.39 bits per heavy atom. The SMILES string of the molecule is COc1cc(S(=O)(=O)N(C)C)ccc1C(=O)CBr. The van der Waals surface area contributed by atoms with Crippen LogP contribution in [-0.2, 0) is 10.0 Å². The maximum atomic E-state index is 11.9. The zero-order valence-corrected chi connectivity index (χ0v) is 12.7. The van der Waals surface area contributed by atoms with Crippen molar-refractivity contribution in [2.45, 2.75) is 4.90 Å². The van der Waals surface area contributed by atoms with Gasteiger partial charge in [0.1, 0.15) is 5.75 Å². The lowest BCUT2D eigenvalue weighted by Crippen LogP contribution is -2.22. The average Bonchev–Trinajstić information content (AvgIpc) is 2.36. The molecular formula is C11H14BrNO4S. The molecule has 0 atom stereocenters. The van der Waals surface area contributed by atoms with Gasteiger partial charge in [-0.2, -0.15) is 0 Å². The number of sulfonamides is 1. The second-order valence-corrected chi connectivity index (χ2v) is 6.42. The Kier molecular flexibility index (Phi) is 4.89. The third kappa shape index (κ3) is 2.90. The standard InChI is InChI=1S/C11H14BrNO4S/c1-13(2)18(15,16)8-4-5-9(10(14)7-12)11(6-8)17-3/h4-6H,7H2,1-3H3. The first-order valence-electron chi connectivity index (χ1n) is 5.04. The van der Waals surface area contributed by atoms with E-state index in [0.717, 1.165) is 4.31 Å². The summed E-state index contributed by atoms with van der Waals surface area (Å²) in [7, 11) is 0.754. The van der Waals surface area contributed by atoms with Crippen LogP contribution >= 0.6 is 15.9 Å². The molecule has 5 nitrogen and oxygen atoms in total. The molecule has 0 aromatic heterocycles. The predicted octanol–water partition coefficient (Wildman–Crippen LogP) is 1.52. The lowest BCUT2D eigenvalue weighted by atomic mass is 10.1. The van der Waals surface area contributed by atoms with Crippen LogP contribution in [0.15, 0.2) is 23.1 Å². The summed E-state index contributed by atoms with van der Waals surface area (Å²) in [5.41, 5.74) is 0.354. The van der Waals surface area contributed by atoms with Crippen molar-refractivity contribution in [2.24, 2.45) is 0 Å². The largest absolute Gasteiger partial charge is 0.496 e. The van der Waals surface area contributed by atoms with Crippen molar-refractivity contribution in [3.8, 4) is 5.75 Å². The molecule has 0 fully saturated rings. The number of halogens is 1. The van der Waals surface area contributed by atoms with Crippen LogP contribution in [0.25, 0.3) is 0 Å². The van der Waals surface area contributed by atoms with E-state index in [-0.39, 0.29) is 21.8 Å². The van der Waals surface area contributed by atoms with E-state index < -0.39 is 10.0 Å². The molecule has 0 radical (unpaired) electrons. The van der Waals surface area contributed by atoms with E-state index in [2.05, 4.69) is 15.9 Å². The third-order valence-electron chi connectivity index (χ3n) is 2.37. The summed E-state index contributed by atoms with van der Waals surface area (Å²) in [4.78, 5) is 11.7. The molecule has 18 heavy (non-hydrogen) atoms. The maximum Gasteiger partial charge on any atom is 0.242 e. The molecule has 1 rings (SSSR count). The monoisotopic (exact) mass is 335 g/mol. The number of nitrogens with zero attached hydrogens (tertiary/aromatic N) is 1.